The standard InChI is InChI=1S/C15H10ClF2NO5S/c16-12-3-2-9(25(19,22)23)6-10(12)15(21)24-7-14(20)11-5-8(17)1-4-13(11)18/h1-6H,7H2,(H2,19,22,23). The Bertz CT molecular complexity index is 962. The van der Waals surface area contributed by atoms with Crippen molar-refractivity contribution in [2.24, 2.45) is 5.14 Å². The summed E-state index contributed by atoms with van der Waals surface area (Å²) in [5, 5.41) is 4.81. The highest BCUT2D eigenvalue weighted by Crippen LogP contribution is 2.21. The van der Waals surface area contributed by atoms with E-state index in [1.807, 2.05) is 0 Å². The molecule has 0 bridgehead atoms. The van der Waals surface area contributed by atoms with Crippen LogP contribution in [0.2, 0.25) is 5.02 Å². The number of sulfonamides is 1. The van der Waals surface area contributed by atoms with Crippen LogP contribution in [0.25, 0.3) is 0 Å². The molecule has 0 saturated heterocycles. The first-order chi connectivity index (χ1) is 11.6. The molecule has 2 rings (SSSR count). The average Bonchev–Trinajstić information content (AvgIpc) is 2.53. The Morgan fingerprint density at radius 2 is 1.76 bits per heavy atom. The molecule has 0 radical (unpaired) electrons. The Kier molecular flexibility index (Phi) is 5.51. The minimum atomic E-state index is -4.08. The van der Waals surface area contributed by atoms with E-state index in [9.17, 15) is 26.8 Å². The fourth-order valence-corrected chi connectivity index (χ4v) is 2.57. The molecule has 0 aliphatic rings. The Morgan fingerprint density at radius 1 is 1.08 bits per heavy atom. The van der Waals surface area contributed by atoms with Crippen molar-refractivity contribution in [3.63, 3.8) is 0 Å². The van der Waals surface area contributed by atoms with Crippen molar-refractivity contribution in [2.75, 3.05) is 6.61 Å². The number of Topliss-reactive ketones (excluding diaryl/α,β-unsaturated/α-hetero) is 1. The van der Waals surface area contributed by atoms with Gasteiger partial charge in [-0.05, 0) is 36.4 Å². The van der Waals surface area contributed by atoms with Gasteiger partial charge in [0.1, 0.15) is 11.6 Å². The molecule has 6 nitrogen and oxygen atoms in total. The Morgan fingerprint density at radius 3 is 2.40 bits per heavy atom. The quantitative estimate of drug-likeness (QED) is 0.624. The lowest BCUT2D eigenvalue weighted by Crippen LogP contribution is -2.17. The van der Waals surface area contributed by atoms with Gasteiger partial charge in [0.2, 0.25) is 15.8 Å². The smallest absolute Gasteiger partial charge is 0.340 e. The van der Waals surface area contributed by atoms with Crippen molar-refractivity contribution >= 4 is 33.4 Å². The summed E-state index contributed by atoms with van der Waals surface area (Å²) in [5.74, 6) is -3.92. The number of esters is 1. The van der Waals surface area contributed by atoms with Gasteiger partial charge in [0.15, 0.2) is 6.61 Å². The number of carbonyl (C=O) groups is 2. The van der Waals surface area contributed by atoms with E-state index in [4.69, 9.17) is 16.7 Å². The molecule has 0 aromatic heterocycles. The maximum absolute atomic E-state index is 13.5. The van der Waals surface area contributed by atoms with E-state index < -0.39 is 45.6 Å². The van der Waals surface area contributed by atoms with Gasteiger partial charge in [-0.1, -0.05) is 11.6 Å². The lowest BCUT2D eigenvalue weighted by Gasteiger charge is -2.08. The van der Waals surface area contributed by atoms with Gasteiger partial charge in [0.05, 0.1) is 21.0 Å². The van der Waals surface area contributed by atoms with Crippen LogP contribution in [0.15, 0.2) is 41.3 Å². The topological polar surface area (TPSA) is 104 Å². The highest BCUT2D eigenvalue weighted by molar-refractivity contribution is 7.89. The third-order valence-electron chi connectivity index (χ3n) is 3.05. The molecule has 0 aliphatic carbocycles. The number of ketones is 1. The predicted molar refractivity (Wildman–Crippen MR) is 83.8 cm³/mol. The molecule has 0 aliphatic heterocycles. The van der Waals surface area contributed by atoms with Gasteiger partial charge in [-0.3, -0.25) is 4.79 Å². The van der Waals surface area contributed by atoms with Crippen LogP contribution in [-0.2, 0) is 14.8 Å². The van der Waals surface area contributed by atoms with Crippen molar-refractivity contribution in [3.05, 3.63) is 64.2 Å². The summed E-state index contributed by atoms with van der Waals surface area (Å²) < 4.78 is 53.8. The zero-order chi connectivity index (χ0) is 18.8. The minimum Gasteiger partial charge on any atom is -0.454 e. The van der Waals surface area contributed by atoms with E-state index in [2.05, 4.69) is 4.74 Å². The van der Waals surface area contributed by atoms with Crippen LogP contribution in [0, 0.1) is 11.6 Å². The number of benzene rings is 2. The summed E-state index contributed by atoms with van der Waals surface area (Å²) >= 11 is 5.79. The number of rotatable bonds is 5. The fourth-order valence-electron chi connectivity index (χ4n) is 1.84. The molecular weight excluding hydrogens is 380 g/mol. The molecule has 10 heteroatoms. The largest absolute Gasteiger partial charge is 0.454 e. The van der Waals surface area contributed by atoms with Crippen molar-refractivity contribution in [1.82, 2.24) is 0 Å². The lowest BCUT2D eigenvalue weighted by atomic mass is 10.1. The molecule has 0 spiro atoms. The monoisotopic (exact) mass is 389 g/mol. The fraction of sp³-hybridized carbons (Fsp3) is 0.0667. The highest BCUT2D eigenvalue weighted by atomic mass is 35.5. The van der Waals surface area contributed by atoms with Crippen molar-refractivity contribution < 1.29 is 31.5 Å². The third kappa shape index (κ3) is 4.59. The maximum Gasteiger partial charge on any atom is 0.340 e. The van der Waals surface area contributed by atoms with Gasteiger partial charge < -0.3 is 4.74 Å². The first-order valence-electron chi connectivity index (χ1n) is 6.57. The van der Waals surface area contributed by atoms with Crippen LogP contribution in [0.4, 0.5) is 8.78 Å². The zero-order valence-corrected chi connectivity index (χ0v) is 13.9. The van der Waals surface area contributed by atoms with E-state index in [0.29, 0.717) is 6.07 Å². The van der Waals surface area contributed by atoms with Crippen LogP contribution < -0.4 is 5.14 Å². The van der Waals surface area contributed by atoms with Crippen molar-refractivity contribution in [1.29, 1.82) is 0 Å². The molecule has 2 aromatic carbocycles. The van der Waals surface area contributed by atoms with Gasteiger partial charge in [0, 0.05) is 0 Å². The molecule has 25 heavy (non-hydrogen) atoms. The van der Waals surface area contributed by atoms with E-state index in [1.165, 1.54) is 0 Å². The summed E-state index contributed by atoms with van der Waals surface area (Å²) in [6.07, 6.45) is 0. The summed E-state index contributed by atoms with van der Waals surface area (Å²) in [5.41, 5.74) is -0.933. The number of carbonyl (C=O) groups excluding carboxylic acids is 2. The molecule has 0 unspecified atom stereocenters. The summed E-state index contributed by atoms with van der Waals surface area (Å²) in [4.78, 5) is 23.4. The van der Waals surface area contributed by atoms with Gasteiger partial charge in [-0.25, -0.2) is 27.1 Å². The van der Waals surface area contributed by atoms with E-state index in [-0.39, 0.29) is 15.5 Å². The Labute approximate surface area is 146 Å². The van der Waals surface area contributed by atoms with Crippen molar-refractivity contribution in [2.45, 2.75) is 4.90 Å². The van der Waals surface area contributed by atoms with Gasteiger partial charge in [-0.2, -0.15) is 0 Å². The molecule has 2 aromatic rings. The van der Waals surface area contributed by atoms with Crippen molar-refractivity contribution in [3.8, 4) is 0 Å². The lowest BCUT2D eigenvalue weighted by molar-refractivity contribution is 0.0473. The predicted octanol–water partition coefficient (Wildman–Crippen LogP) is 2.31. The maximum atomic E-state index is 13.5. The van der Waals surface area contributed by atoms with Crippen LogP contribution >= 0.6 is 11.6 Å². The molecule has 0 atom stereocenters. The molecule has 2 N–H and O–H groups in total. The van der Waals surface area contributed by atoms with Gasteiger partial charge in [-0.15, -0.1) is 0 Å². The van der Waals surface area contributed by atoms with Gasteiger partial charge in [0.25, 0.3) is 0 Å². The number of hydrogen-bond donors (Lipinski definition) is 1. The highest BCUT2D eigenvalue weighted by Gasteiger charge is 2.19. The molecule has 0 amide bonds. The van der Waals surface area contributed by atoms with Crippen LogP contribution in [0.1, 0.15) is 20.7 Å². The van der Waals surface area contributed by atoms with Crippen LogP contribution in [0.3, 0.4) is 0 Å². The second kappa shape index (κ2) is 7.26. The number of primary sulfonamides is 1. The molecule has 132 valence electrons. The van der Waals surface area contributed by atoms with Crippen LogP contribution in [-0.4, -0.2) is 26.8 Å². The Hall–Kier alpha value is -2.36. The normalized spacial score (nSPS) is 11.2. The van der Waals surface area contributed by atoms with Gasteiger partial charge >= 0.3 is 5.97 Å². The number of ether oxygens (including phenoxy) is 1. The zero-order valence-electron chi connectivity index (χ0n) is 12.3. The second-order valence-electron chi connectivity index (χ2n) is 4.81. The Balaban J connectivity index is 2.18. The SMILES string of the molecule is NS(=O)(=O)c1ccc(Cl)c(C(=O)OCC(=O)c2cc(F)ccc2F)c1. The summed E-state index contributed by atoms with van der Waals surface area (Å²) in [6, 6.07) is 5.34. The first kappa shape index (κ1) is 19.0. The molecular formula is C15H10ClF2NO5S. The number of nitrogens with two attached hydrogens (primary N) is 1. The van der Waals surface area contributed by atoms with Crippen LogP contribution in [0.5, 0.6) is 0 Å². The average molecular weight is 390 g/mol. The molecule has 0 heterocycles. The summed E-state index contributed by atoms with van der Waals surface area (Å²) in [6.45, 7) is -0.894. The molecule has 0 fully saturated rings. The third-order valence-corrected chi connectivity index (χ3v) is 4.29. The van der Waals surface area contributed by atoms with E-state index in [0.717, 1.165) is 30.3 Å². The van der Waals surface area contributed by atoms with E-state index in [1.54, 1.807) is 0 Å². The minimum absolute atomic E-state index is 0.137. The first-order valence-corrected chi connectivity index (χ1v) is 8.50. The molecule has 0 saturated carbocycles. The number of halogens is 3. The van der Waals surface area contributed by atoms with E-state index >= 15 is 0 Å². The second-order valence-corrected chi connectivity index (χ2v) is 6.78. The number of hydrogen-bond acceptors (Lipinski definition) is 5. The summed E-state index contributed by atoms with van der Waals surface area (Å²) in [7, 11) is -4.08.